The lowest BCUT2D eigenvalue weighted by Gasteiger charge is -2.40. The molecule has 1 aliphatic heterocycles. The number of rotatable bonds is 48. The van der Waals surface area contributed by atoms with Crippen molar-refractivity contribution in [2.75, 3.05) is 13.2 Å². The molecule has 1 aliphatic rings. The average molecular weight is 922 g/mol. The number of nitrogens with one attached hydrogen (secondary N) is 1. The highest BCUT2D eigenvalue weighted by molar-refractivity contribution is 5.76. The normalized spacial score (nSPS) is 20.0. The predicted octanol–water partition coefficient (Wildman–Crippen LogP) is 13.4. The van der Waals surface area contributed by atoms with Gasteiger partial charge in [-0.05, 0) is 44.9 Å². The van der Waals surface area contributed by atoms with Crippen molar-refractivity contribution in [3.8, 4) is 0 Å². The molecule has 1 heterocycles. The lowest BCUT2D eigenvalue weighted by molar-refractivity contribution is -0.302. The quantitative estimate of drug-likeness (QED) is 0.0261. The first-order valence-corrected chi connectivity index (χ1v) is 28.1. The molecule has 1 saturated heterocycles. The van der Waals surface area contributed by atoms with Gasteiger partial charge in [0.1, 0.15) is 24.4 Å². The van der Waals surface area contributed by atoms with Crippen LogP contribution in [0.25, 0.3) is 0 Å². The summed E-state index contributed by atoms with van der Waals surface area (Å²) >= 11 is 0. The van der Waals surface area contributed by atoms with Crippen molar-refractivity contribution < 1.29 is 39.8 Å². The van der Waals surface area contributed by atoms with Gasteiger partial charge in [0.05, 0.1) is 25.4 Å². The molecule has 9 nitrogen and oxygen atoms in total. The van der Waals surface area contributed by atoms with Crippen LogP contribution in [0.1, 0.15) is 271 Å². The fourth-order valence-electron chi connectivity index (χ4n) is 9.04. The number of amides is 1. The van der Waals surface area contributed by atoms with Gasteiger partial charge in [0.25, 0.3) is 0 Å². The van der Waals surface area contributed by atoms with E-state index in [1.54, 1.807) is 6.08 Å². The zero-order valence-electron chi connectivity index (χ0n) is 42.5. The van der Waals surface area contributed by atoms with Crippen LogP contribution < -0.4 is 5.32 Å². The average Bonchev–Trinajstić information content (AvgIpc) is 3.31. The van der Waals surface area contributed by atoms with E-state index in [0.29, 0.717) is 6.42 Å². The number of ether oxygens (including phenoxy) is 2. The van der Waals surface area contributed by atoms with Crippen LogP contribution in [-0.2, 0) is 14.3 Å². The van der Waals surface area contributed by atoms with Crippen molar-refractivity contribution in [2.45, 2.75) is 314 Å². The Balaban J connectivity index is 2.25. The van der Waals surface area contributed by atoms with Crippen molar-refractivity contribution >= 4 is 5.91 Å². The Labute approximate surface area is 400 Å². The standard InChI is InChI=1S/C56H107NO8/c1-3-5-7-9-11-13-15-17-19-21-23-24-25-26-28-29-31-33-35-37-39-41-43-45-50(59)49(48-64-56-55(63)54(62)53(61)51(47-58)65-56)57-52(60)46-44-42-40-38-36-34-32-30-27-22-20-18-16-14-12-10-8-6-4-2/h18,20,43,45,49-51,53-56,58-59,61-63H,3-17,19,21-42,44,46-48H2,1-2H3,(H,57,60)/b20-18-,45-43+. The van der Waals surface area contributed by atoms with Crippen molar-refractivity contribution in [3.05, 3.63) is 24.3 Å². The molecule has 0 aromatic heterocycles. The number of hydrogen-bond acceptors (Lipinski definition) is 8. The topological polar surface area (TPSA) is 149 Å². The van der Waals surface area contributed by atoms with Crippen molar-refractivity contribution in [2.24, 2.45) is 0 Å². The van der Waals surface area contributed by atoms with E-state index in [1.165, 1.54) is 212 Å². The zero-order valence-corrected chi connectivity index (χ0v) is 42.5. The van der Waals surface area contributed by atoms with E-state index in [0.717, 1.165) is 38.5 Å². The maximum atomic E-state index is 13.0. The van der Waals surface area contributed by atoms with E-state index < -0.39 is 49.5 Å². The Hall–Kier alpha value is -1.33. The molecule has 1 rings (SSSR count). The summed E-state index contributed by atoms with van der Waals surface area (Å²) in [6, 6.07) is -0.804. The second kappa shape index (κ2) is 46.4. The lowest BCUT2D eigenvalue weighted by Crippen LogP contribution is -2.60. The highest BCUT2D eigenvalue weighted by atomic mass is 16.7. The van der Waals surface area contributed by atoms with Crippen LogP contribution in [0.2, 0.25) is 0 Å². The Bertz CT molecular complexity index is 1070. The minimum Gasteiger partial charge on any atom is -0.394 e. The SMILES string of the molecule is CCCCCCCC/C=C\CCCCCCCCCCCC(=O)NC(COC1OC(CO)C(O)C(O)C1O)C(O)/C=C/CCCCCCCCCCCCCCCCCCCCCCC. The van der Waals surface area contributed by atoms with Crippen LogP contribution in [0.3, 0.4) is 0 Å². The van der Waals surface area contributed by atoms with Crippen LogP contribution in [0, 0.1) is 0 Å². The predicted molar refractivity (Wildman–Crippen MR) is 272 cm³/mol. The number of carbonyl (C=O) groups excluding carboxylic acids is 1. The first-order valence-electron chi connectivity index (χ1n) is 28.1. The molecule has 0 radical (unpaired) electrons. The van der Waals surface area contributed by atoms with Gasteiger partial charge in [0.2, 0.25) is 5.91 Å². The Morgan fingerprint density at radius 2 is 0.862 bits per heavy atom. The minimum absolute atomic E-state index is 0.176. The molecule has 0 spiro atoms. The highest BCUT2D eigenvalue weighted by Gasteiger charge is 2.44. The molecule has 1 amide bonds. The van der Waals surface area contributed by atoms with Crippen LogP contribution in [0.4, 0.5) is 0 Å². The largest absolute Gasteiger partial charge is 0.394 e. The van der Waals surface area contributed by atoms with E-state index >= 15 is 0 Å². The third kappa shape index (κ3) is 36.3. The molecule has 0 bridgehead atoms. The van der Waals surface area contributed by atoms with Gasteiger partial charge < -0.3 is 40.3 Å². The lowest BCUT2D eigenvalue weighted by atomic mass is 9.99. The van der Waals surface area contributed by atoms with Gasteiger partial charge in [-0.15, -0.1) is 0 Å². The fraction of sp³-hybridized carbons (Fsp3) is 0.911. The summed E-state index contributed by atoms with van der Waals surface area (Å²) in [6.07, 6.45) is 50.9. The molecule has 384 valence electrons. The van der Waals surface area contributed by atoms with E-state index in [2.05, 4.69) is 31.3 Å². The smallest absolute Gasteiger partial charge is 0.220 e. The Morgan fingerprint density at radius 1 is 0.508 bits per heavy atom. The van der Waals surface area contributed by atoms with Gasteiger partial charge in [-0.3, -0.25) is 4.79 Å². The second-order valence-electron chi connectivity index (χ2n) is 19.7. The summed E-state index contributed by atoms with van der Waals surface area (Å²) in [4.78, 5) is 13.0. The maximum Gasteiger partial charge on any atom is 0.220 e. The number of allylic oxidation sites excluding steroid dienone is 3. The van der Waals surface area contributed by atoms with Crippen LogP contribution in [-0.4, -0.2) is 87.5 Å². The number of unbranched alkanes of at least 4 members (excludes halogenated alkanes) is 36. The zero-order chi connectivity index (χ0) is 47.3. The first kappa shape index (κ1) is 61.7. The summed E-state index contributed by atoms with van der Waals surface area (Å²) in [6.45, 7) is 3.80. The van der Waals surface area contributed by atoms with E-state index in [-0.39, 0.29) is 12.5 Å². The molecular formula is C56H107NO8. The van der Waals surface area contributed by atoms with Gasteiger partial charge in [0.15, 0.2) is 6.29 Å². The van der Waals surface area contributed by atoms with Gasteiger partial charge in [-0.25, -0.2) is 0 Å². The fourth-order valence-corrected chi connectivity index (χ4v) is 9.04. The minimum atomic E-state index is -1.57. The highest BCUT2D eigenvalue weighted by Crippen LogP contribution is 2.23. The first-order chi connectivity index (χ1) is 31.8. The summed E-state index contributed by atoms with van der Waals surface area (Å²) in [5.41, 5.74) is 0. The van der Waals surface area contributed by atoms with E-state index in [1.807, 2.05) is 6.08 Å². The Kier molecular flexibility index (Phi) is 44.0. The summed E-state index contributed by atoms with van der Waals surface area (Å²) in [5.74, 6) is -0.176. The van der Waals surface area contributed by atoms with Crippen molar-refractivity contribution in [1.82, 2.24) is 5.32 Å². The maximum absolute atomic E-state index is 13.0. The summed E-state index contributed by atoms with van der Waals surface area (Å²) in [5, 5.41) is 54.5. The molecule has 7 unspecified atom stereocenters. The summed E-state index contributed by atoms with van der Waals surface area (Å²) in [7, 11) is 0. The molecule has 65 heavy (non-hydrogen) atoms. The number of hydrogen-bond donors (Lipinski definition) is 6. The van der Waals surface area contributed by atoms with Gasteiger partial charge in [0, 0.05) is 6.42 Å². The van der Waals surface area contributed by atoms with Gasteiger partial charge in [-0.1, -0.05) is 244 Å². The molecule has 7 atom stereocenters. The van der Waals surface area contributed by atoms with E-state index in [9.17, 15) is 30.3 Å². The molecule has 9 heteroatoms. The molecule has 0 saturated carbocycles. The number of aliphatic hydroxyl groups is 5. The van der Waals surface area contributed by atoms with Crippen molar-refractivity contribution in [1.29, 1.82) is 0 Å². The molecule has 6 N–H and O–H groups in total. The number of carbonyl (C=O) groups is 1. The second-order valence-corrected chi connectivity index (χ2v) is 19.7. The summed E-state index contributed by atoms with van der Waals surface area (Å²) < 4.78 is 11.3. The molecule has 0 aromatic rings. The monoisotopic (exact) mass is 922 g/mol. The molecule has 1 fully saturated rings. The number of aliphatic hydroxyl groups excluding tert-OH is 5. The molecule has 0 aromatic carbocycles. The van der Waals surface area contributed by atoms with E-state index in [4.69, 9.17) is 9.47 Å². The van der Waals surface area contributed by atoms with Crippen LogP contribution in [0.15, 0.2) is 24.3 Å². The van der Waals surface area contributed by atoms with Crippen LogP contribution in [0.5, 0.6) is 0 Å². The van der Waals surface area contributed by atoms with Crippen LogP contribution >= 0.6 is 0 Å². The third-order valence-corrected chi connectivity index (χ3v) is 13.5. The van der Waals surface area contributed by atoms with Gasteiger partial charge >= 0.3 is 0 Å². The molecule has 0 aliphatic carbocycles. The Morgan fingerprint density at radius 3 is 1.25 bits per heavy atom. The molecular weight excluding hydrogens is 815 g/mol. The third-order valence-electron chi connectivity index (χ3n) is 13.5. The van der Waals surface area contributed by atoms with Gasteiger partial charge in [-0.2, -0.15) is 0 Å². The van der Waals surface area contributed by atoms with Crippen molar-refractivity contribution in [3.63, 3.8) is 0 Å².